The zero-order chi connectivity index (χ0) is 19.9. The lowest BCUT2D eigenvalue weighted by molar-refractivity contribution is 0.482. The molecule has 29 heavy (non-hydrogen) atoms. The van der Waals surface area contributed by atoms with E-state index in [0.717, 1.165) is 39.9 Å². The summed E-state index contributed by atoms with van der Waals surface area (Å²) in [5.74, 6) is 1.63. The van der Waals surface area contributed by atoms with Crippen molar-refractivity contribution in [1.82, 2.24) is 4.98 Å². The minimum Gasteiger partial charge on any atom is -0.457 e. The molecule has 144 valence electrons. The maximum Gasteiger partial charge on any atom is 0.203 e. The van der Waals surface area contributed by atoms with Crippen molar-refractivity contribution in [2.75, 3.05) is 5.43 Å². The van der Waals surface area contributed by atoms with E-state index in [-0.39, 0.29) is 0 Å². The third-order valence-corrected chi connectivity index (χ3v) is 5.14. The quantitative estimate of drug-likeness (QED) is 0.281. The Morgan fingerprint density at radius 2 is 1.62 bits per heavy atom. The van der Waals surface area contributed by atoms with E-state index in [0.29, 0.717) is 0 Å². The Balaban J connectivity index is 1.34. The highest BCUT2D eigenvalue weighted by molar-refractivity contribution is 7.14. The summed E-state index contributed by atoms with van der Waals surface area (Å²) in [4.78, 5) is 4.56. The lowest BCUT2D eigenvalue weighted by atomic mass is 10.2. The number of thiazole rings is 1. The molecule has 0 unspecified atom stereocenters. The zero-order valence-corrected chi connectivity index (χ0v) is 16.9. The van der Waals surface area contributed by atoms with Crippen molar-refractivity contribution in [2.24, 2.45) is 5.10 Å². The van der Waals surface area contributed by atoms with Gasteiger partial charge in [-0.25, -0.2) is 4.98 Å². The summed E-state index contributed by atoms with van der Waals surface area (Å²) in [7, 11) is 0. The average Bonchev–Trinajstić information content (AvgIpc) is 3.25. The van der Waals surface area contributed by atoms with Crippen molar-refractivity contribution in [3.05, 3.63) is 95.4 Å². The second-order valence-corrected chi connectivity index (χ2v) is 7.30. The predicted octanol–water partition coefficient (Wildman–Crippen LogP) is 6.61. The highest BCUT2D eigenvalue weighted by Gasteiger charge is 2.03. The van der Waals surface area contributed by atoms with Gasteiger partial charge in [-0.3, -0.25) is 5.43 Å². The summed E-state index contributed by atoms with van der Waals surface area (Å²) < 4.78 is 5.88. The van der Waals surface area contributed by atoms with Gasteiger partial charge in [0, 0.05) is 10.9 Å². The van der Waals surface area contributed by atoms with Crippen LogP contribution in [0.3, 0.4) is 0 Å². The molecule has 0 atom stereocenters. The molecule has 0 aliphatic rings. The molecule has 4 nitrogen and oxygen atoms in total. The van der Waals surface area contributed by atoms with Gasteiger partial charge in [0.05, 0.1) is 11.9 Å². The molecule has 0 aliphatic carbocycles. The van der Waals surface area contributed by atoms with Gasteiger partial charge in [0.2, 0.25) is 5.13 Å². The van der Waals surface area contributed by atoms with Crippen molar-refractivity contribution in [2.45, 2.75) is 13.3 Å². The van der Waals surface area contributed by atoms with Crippen LogP contribution in [0.2, 0.25) is 0 Å². The van der Waals surface area contributed by atoms with Crippen LogP contribution in [-0.2, 0) is 6.42 Å². The number of hydrogen-bond donors (Lipinski definition) is 1. The number of aromatic nitrogens is 1. The SMILES string of the molecule is CCc1ccc(Oc2ccc(C=NNc3nc(-c4ccccc4)cs3)cc2)cc1. The molecule has 0 fully saturated rings. The number of rotatable bonds is 7. The predicted molar refractivity (Wildman–Crippen MR) is 121 cm³/mol. The molecule has 1 aromatic heterocycles. The summed E-state index contributed by atoms with van der Waals surface area (Å²) in [6.07, 6.45) is 2.79. The van der Waals surface area contributed by atoms with E-state index in [1.165, 1.54) is 16.9 Å². The van der Waals surface area contributed by atoms with E-state index >= 15 is 0 Å². The largest absolute Gasteiger partial charge is 0.457 e. The second-order valence-electron chi connectivity index (χ2n) is 6.44. The van der Waals surface area contributed by atoms with Crippen LogP contribution in [0.15, 0.2) is 89.3 Å². The molecular weight excluding hydrogens is 378 g/mol. The Bertz CT molecular complexity index is 1070. The fourth-order valence-corrected chi connectivity index (χ4v) is 3.45. The van der Waals surface area contributed by atoms with Gasteiger partial charge in [-0.15, -0.1) is 11.3 Å². The topological polar surface area (TPSA) is 46.5 Å². The molecule has 1 heterocycles. The van der Waals surface area contributed by atoms with E-state index in [2.05, 4.69) is 34.6 Å². The Hall–Kier alpha value is -3.44. The fourth-order valence-electron chi connectivity index (χ4n) is 2.78. The number of anilines is 1. The summed E-state index contributed by atoms with van der Waals surface area (Å²) in [6, 6.07) is 26.1. The van der Waals surface area contributed by atoms with Gasteiger partial charge in [-0.2, -0.15) is 5.10 Å². The summed E-state index contributed by atoms with van der Waals surface area (Å²) >= 11 is 1.53. The maximum atomic E-state index is 5.88. The number of nitrogens with zero attached hydrogens (tertiary/aromatic N) is 2. The molecule has 4 aromatic rings. The van der Waals surface area contributed by atoms with E-state index in [1.54, 1.807) is 6.21 Å². The molecule has 0 spiro atoms. The van der Waals surface area contributed by atoms with Gasteiger partial charge < -0.3 is 4.74 Å². The highest BCUT2D eigenvalue weighted by Crippen LogP contribution is 2.25. The Kier molecular flexibility index (Phi) is 5.98. The molecule has 0 bridgehead atoms. The molecule has 0 amide bonds. The lowest BCUT2D eigenvalue weighted by Gasteiger charge is -2.06. The molecule has 5 heteroatoms. The first-order valence-electron chi connectivity index (χ1n) is 9.47. The van der Waals surface area contributed by atoms with E-state index < -0.39 is 0 Å². The van der Waals surface area contributed by atoms with Crippen LogP contribution in [0.5, 0.6) is 11.5 Å². The molecule has 3 aromatic carbocycles. The first kappa shape index (κ1) is 18.9. The number of nitrogens with one attached hydrogen (secondary N) is 1. The lowest BCUT2D eigenvalue weighted by Crippen LogP contribution is -1.91. The van der Waals surface area contributed by atoms with E-state index in [1.807, 2.05) is 72.1 Å². The molecule has 0 saturated carbocycles. The minimum atomic E-state index is 0.760. The normalized spacial score (nSPS) is 10.9. The summed E-state index contributed by atoms with van der Waals surface area (Å²) in [6.45, 7) is 2.14. The molecule has 0 radical (unpaired) electrons. The second kappa shape index (κ2) is 9.17. The number of benzene rings is 3. The Morgan fingerprint density at radius 3 is 2.31 bits per heavy atom. The van der Waals surface area contributed by atoms with Crippen LogP contribution in [0.25, 0.3) is 11.3 Å². The van der Waals surface area contributed by atoms with Gasteiger partial charge >= 0.3 is 0 Å². The third kappa shape index (κ3) is 5.09. The zero-order valence-electron chi connectivity index (χ0n) is 16.1. The molecular formula is C24H21N3OS. The summed E-state index contributed by atoms with van der Waals surface area (Å²) in [5, 5.41) is 7.06. The first-order valence-corrected chi connectivity index (χ1v) is 10.3. The van der Waals surface area contributed by atoms with Gasteiger partial charge in [-0.05, 0) is 53.9 Å². The van der Waals surface area contributed by atoms with Gasteiger partial charge in [0.25, 0.3) is 0 Å². The van der Waals surface area contributed by atoms with Crippen molar-refractivity contribution in [1.29, 1.82) is 0 Å². The Labute approximate surface area is 174 Å². The fraction of sp³-hybridized carbons (Fsp3) is 0.0833. The highest BCUT2D eigenvalue weighted by atomic mass is 32.1. The number of aryl methyl sites for hydroxylation is 1. The van der Waals surface area contributed by atoms with Crippen LogP contribution >= 0.6 is 11.3 Å². The summed E-state index contributed by atoms with van der Waals surface area (Å²) in [5.41, 5.74) is 7.31. The van der Waals surface area contributed by atoms with Gasteiger partial charge in [0.1, 0.15) is 11.5 Å². The van der Waals surface area contributed by atoms with Crippen LogP contribution in [0, 0.1) is 0 Å². The first-order chi connectivity index (χ1) is 14.3. The average molecular weight is 400 g/mol. The number of hydrazone groups is 1. The smallest absolute Gasteiger partial charge is 0.203 e. The van der Waals surface area contributed by atoms with Crippen LogP contribution in [0.4, 0.5) is 5.13 Å². The van der Waals surface area contributed by atoms with E-state index in [9.17, 15) is 0 Å². The monoisotopic (exact) mass is 399 g/mol. The molecule has 0 aliphatic heterocycles. The third-order valence-electron chi connectivity index (χ3n) is 4.39. The number of hydrogen-bond acceptors (Lipinski definition) is 5. The standard InChI is InChI=1S/C24H21N3OS/c1-2-18-8-12-21(13-9-18)28-22-14-10-19(11-15-22)16-25-27-24-26-23(17-29-24)20-6-4-3-5-7-20/h3-17H,2H2,1H3,(H,26,27). The maximum absolute atomic E-state index is 5.88. The van der Waals surface area contributed by atoms with Crippen LogP contribution in [-0.4, -0.2) is 11.2 Å². The Morgan fingerprint density at radius 1 is 0.931 bits per heavy atom. The molecule has 1 N–H and O–H groups in total. The van der Waals surface area contributed by atoms with Crippen molar-refractivity contribution < 1.29 is 4.74 Å². The van der Waals surface area contributed by atoms with Crippen molar-refractivity contribution in [3.63, 3.8) is 0 Å². The van der Waals surface area contributed by atoms with Crippen molar-refractivity contribution in [3.8, 4) is 22.8 Å². The number of ether oxygens (including phenoxy) is 1. The van der Waals surface area contributed by atoms with Crippen molar-refractivity contribution >= 4 is 22.7 Å². The minimum absolute atomic E-state index is 0.760. The van der Waals surface area contributed by atoms with Gasteiger partial charge in [0.15, 0.2) is 0 Å². The van der Waals surface area contributed by atoms with E-state index in [4.69, 9.17) is 4.74 Å². The molecule has 4 rings (SSSR count). The molecule has 0 saturated heterocycles. The van der Waals surface area contributed by atoms with Gasteiger partial charge in [-0.1, -0.05) is 49.4 Å². The van der Waals surface area contributed by atoms with Crippen LogP contribution in [0.1, 0.15) is 18.1 Å². The van der Waals surface area contributed by atoms with Crippen LogP contribution < -0.4 is 10.2 Å².